The first-order chi connectivity index (χ1) is 13.1. The van der Waals surface area contributed by atoms with Crippen molar-refractivity contribution >= 4 is 16.7 Å². The van der Waals surface area contributed by atoms with Gasteiger partial charge in [-0.05, 0) is 31.0 Å². The van der Waals surface area contributed by atoms with Crippen LogP contribution in [0.5, 0.6) is 0 Å². The maximum Gasteiger partial charge on any atom is 0.284 e. The quantitative estimate of drug-likeness (QED) is 0.704. The molecule has 0 radical (unpaired) electrons. The highest BCUT2D eigenvalue weighted by atomic mass is 16.2. The summed E-state index contributed by atoms with van der Waals surface area (Å²) in [6.45, 7) is 0. The molecule has 0 atom stereocenters. The number of fused-ring (bicyclic) bond motifs is 1. The van der Waals surface area contributed by atoms with Crippen LogP contribution >= 0.6 is 0 Å². The molecule has 1 aliphatic rings. The number of aryl methyl sites for hydroxylation is 1. The number of rotatable bonds is 2. The summed E-state index contributed by atoms with van der Waals surface area (Å²) < 4.78 is 2.75. The summed E-state index contributed by atoms with van der Waals surface area (Å²) in [5.41, 5.74) is 0.672. The predicted molar refractivity (Wildman–Crippen MR) is 104 cm³/mol. The van der Waals surface area contributed by atoms with Gasteiger partial charge < -0.3 is 0 Å². The Balaban J connectivity index is 1.86. The molecule has 6 heteroatoms. The molecule has 0 amide bonds. The molecule has 1 aliphatic carbocycles. The smallest absolute Gasteiger partial charge is 0.267 e. The lowest BCUT2D eigenvalue weighted by Crippen LogP contribution is -2.32. The first-order valence-corrected chi connectivity index (χ1v) is 9.37. The van der Waals surface area contributed by atoms with Gasteiger partial charge in [-0.25, -0.2) is 4.68 Å². The Hall–Kier alpha value is -3.02. The molecule has 0 bridgehead atoms. The third-order valence-corrected chi connectivity index (χ3v) is 5.11. The standard InChI is InChI=1S/C21H22N4O2/c1-24-20(26)17-12-6-5-11-16(17)19(23-24)21(27)25-14-8-7-13-18(25)22-15-9-3-2-4-10-15/h5-8,11-15H,2-4,9-10H2,1H3. The number of hydrogen-bond donors (Lipinski definition) is 0. The summed E-state index contributed by atoms with van der Waals surface area (Å²) in [5.74, 6) is -0.281. The van der Waals surface area contributed by atoms with E-state index in [4.69, 9.17) is 4.99 Å². The van der Waals surface area contributed by atoms with Crippen molar-refractivity contribution in [3.8, 4) is 0 Å². The van der Waals surface area contributed by atoms with Crippen molar-refractivity contribution in [2.75, 3.05) is 0 Å². The lowest BCUT2D eigenvalue weighted by atomic mass is 9.96. The number of carbonyl (C=O) groups is 1. The number of pyridine rings is 1. The van der Waals surface area contributed by atoms with E-state index in [9.17, 15) is 9.59 Å². The van der Waals surface area contributed by atoms with Crippen LogP contribution in [0.25, 0.3) is 10.8 Å². The molecular formula is C21H22N4O2. The van der Waals surface area contributed by atoms with Gasteiger partial charge in [0.15, 0.2) is 5.69 Å². The van der Waals surface area contributed by atoms with E-state index < -0.39 is 0 Å². The minimum absolute atomic E-state index is 0.215. The molecule has 4 rings (SSSR count). The maximum atomic E-state index is 13.3. The normalized spacial score (nSPS) is 16.0. The van der Waals surface area contributed by atoms with E-state index >= 15 is 0 Å². The van der Waals surface area contributed by atoms with E-state index in [-0.39, 0.29) is 23.2 Å². The Kier molecular flexibility index (Phi) is 4.71. The van der Waals surface area contributed by atoms with Gasteiger partial charge in [-0.2, -0.15) is 5.10 Å². The van der Waals surface area contributed by atoms with Crippen LogP contribution < -0.4 is 11.0 Å². The van der Waals surface area contributed by atoms with Crippen molar-refractivity contribution < 1.29 is 4.79 Å². The SMILES string of the molecule is Cn1nc(C(=O)n2ccccc2=NC2CCCCC2)c2ccccc2c1=O. The van der Waals surface area contributed by atoms with E-state index in [2.05, 4.69) is 5.10 Å². The van der Waals surface area contributed by atoms with Crippen molar-refractivity contribution in [3.05, 3.63) is 70.2 Å². The number of benzene rings is 1. The number of carbonyl (C=O) groups excluding carboxylic acids is 1. The molecule has 0 N–H and O–H groups in total. The van der Waals surface area contributed by atoms with Gasteiger partial charge >= 0.3 is 0 Å². The molecule has 1 aromatic carbocycles. The topological polar surface area (TPSA) is 69.2 Å². The molecule has 138 valence electrons. The Morgan fingerprint density at radius 2 is 1.74 bits per heavy atom. The molecule has 2 heterocycles. The van der Waals surface area contributed by atoms with Gasteiger partial charge in [-0.3, -0.25) is 19.1 Å². The van der Waals surface area contributed by atoms with Crippen molar-refractivity contribution in [2.45, 2.75) is 38.1 Å². The lowest BCUT2D eigenvalue weighted by molar-refractivity contribution is 0.0949. The van der Waals surface area contributed by atoms with Crippen molar-refractivity contribution in [2.24, 2.45) is 12.0 Å². The van der Waals surface area contributed by atoms with Gasteiger partial charge in [0.05, 0.1) is 11.4 Å². The van der Waals surface area contributed by atoms with E-state index in [0.29, 0.717) is 16.3 Å². The molecule has 0 unspecified atom stereocenters. The summed E-state index contributed by atoms with van der Waals surface area (Å²) in [6, 6.07) is 12.9. The highest BCUT2D eigenvalue weighted by molar-refractivity contribution is 6.05. The Morgan fingerprint density at radius 1 is 1.04 bits per heavy atom. The molecule has 1 saturated carbocycles. The van der Waals surface area contributed by atoms with Crippen molar-refractivity contribution in [1.82, 2.24) is 14.3 Å². The lowest BCUT2D eigenvalue weighted by Gasteiger charge is -2.18. The zero-order valence-corrected chi connectivity index (χ0v) is 15.3. The third kappa shape index (κ3) is 3.35. The maximum absolute atomic E-state index is 13.3. The fraction of sp³-hybridized carbons (Fsp3) is 0.333. The zero-order chi connectivity index (χ0) is 18.8. The molecule has 27 heavy (non-hydrogen) atoms. The van der Waals surface area contributed by atoms with E-state index in [1.807, 2.05) is 24.3 Å². The van der Waals surface area contributed by atoms with E-state index in [0.717, 1.165) is 12.8 Å². The van der Waals surface area contributed by atoms with Crippen LogP contribution in [0.3, 0.4) is 0 Å². The fourth-order valence-electron chi connectivity index (χ4n) is 3.68. The highest BCUT2D eigenvalue weighted by Crippen LogP contribution is 2.19. The van der Waals surface area contributed by atoms with Gasteiger partial charge in [-0.1, -0.05) is 43.5 Å². The van der Waals surface area contributed by atoms with E-state index in [1.165, 1.54) is 28.5 Å². The first-order valence-electron chi connectivity index (χ1n) is 9.37. The third-order valence-electron chi connectivity index (χ3n) is 5.11. The summed E-state index contributed by atoms with van der Waals surface area (Å²) >= 11 is 0. The van der Waals surface area contributed by atoms with Crippen molar-refractivity contribution in [3.63, 3.8) is 0 Å². The van der Waals surface area contributed by atoms with Crippen LogP contribution in [0.1, 0.15) is 42.6 Å². The molecule has 2 aromatic heterocycles. The minimum Gasteiger partial charge on any atom is -0.267 e. The molecule has 0 saturated heterocycles. The van der Waals surface area contributed by atoms with Gasteiger partial charge in [0.25, 0.3) is 11.5 Å². The minimum atomic E-state index is -0.281. The molecule has 0 spiro atoms. The number of aromatic nitrogens is 3. The average molecular weight is 362 g/mol. The first kappa shape index (κ1) is 17.4. The summed E-state index contributed by atoms with van der Waals surface area (Å²) in [4.78, 5) is 30.5. The average Bonchev–Trinajstić information content (AvgIpc) is 2.71. The van der Waals surface area contributed by atoms with Crippen LogP contribution in [0.2, 0.25) is 0 Å². The number of hydrogen-bond acceptors (Lipinski definition) is 4. The Labute approximate surface area is 156 Å². The van der Waals surface area contributed by atoms with Gasteiger partial charge in [0.2, 0.25) is 0 Å². The van der Waals surface area contributed by atoms with Crippen LogP contribution in [0.4, 0.5) is 0 Å². The van der Waals surface area contributed by atoms with Gasteiger partial charge in [0, 0.05) is 18.6 Å². The Morgan fingerprint density at radius 3 is 2.52 bits per heavy atom. The van der Waals surface area contributed by atoms with Crippen LogP contribution in [-0.2, 0) is 7.05 Å². The molecular weight excluding hydrogens is 340 g/mol. The monoisotopic (exact) mass is 362 g/mol. The highest BCUT2D eigenvalue weighted by Gasteiger charge is 2.18. The van der Waals surface area contributed by atoms with Gasteiger partial charge in [0.1, 0.15) is 5.49 Å². The van der Waals surface area contributed by atoms with Crippen LogP contribution in [0, 0.1) is 0 Å². The zero-order valence-electron chi connectivity index (χ0n) is 15.3. The van der Waals surface area contributed by atoms with Gasteiger partial charge in [-0.15, -0.1) is 0 Å². The second-order valence-corrected chi connectivity index (χ2v) is 6.98. The second-order valence-electron chi connectivity index (χ2n) is 6.98. The fourth-order valence-corrected chi connectivity index (χ4v) is 3.68. The predicted octanol–water partition coefficient (Wildman–Crippen LogP) is 2.66. The van der Waals surface area contributed by atoms with Crippen molar-refractivity contribution in [1.29, 1.82) is 0 Å². The second kappa shape index (κ2) is 7.31. The van der Waals surface area contributed by atoms with E-state index in [1.54, 1.807) is 31.4 Å². The molecule has 6 nitrogen and oxygen atoms in total. The largest absolute Gasteiger partial charge is 0.284 e. The van der Waals surface area contributed by atoms with Crippen LogP contribution in [-0.4, -0.2) is 26.3 Å². The molecule has 1 fully saturated rings. The number of nitrogens with zero attached hydrogens (tertiary/aromatic N) is 4. The van der Waals surface area contributed by atoms with Crippen LogP contribution in [0.15, 0.2) is 58.4 Å². The summed E-state index contributed by atoms with van der Waals surface area (Å²) in [7, 11) is 1.56. The summed E-state index contributed by atoms with van der Waals surface area (Å²) in [5, 5.41) is 5.30. The summed E-state index contributed by atoms with van der Waals surface area (Å²) in [6.07, 6.45) is 7.46. The molecule has 0 aliphatic heterocycles. The Bertz CT molecular complexity index is 1120. The molecule has 3 aromatic rings.